The molecule has 0 saturated heterocycles. The Kier molecular flexibility index (Phi) is 3.72. The lowest BCUT2D eigenvalue weighted by atomic mass is 10.1. The van der Waals surface area contributed by atoms with E-state index in [0.717, 1.165) is 5.56 Å². The van der Waals surface area contributed by atoms with Crippen LogP contribution >= 0.6 is 0 Å². The summed E-state index contributed by atoms with van der Waals surface area (Å²) in [5.74, 6) is -0.308. The molecule has 0 radical (unpaired) electrons. The summed E-state index contributed by atoms with van der Waals surface area (Å²) in [6, 6.07) is 12.4. The van der Waals surface area contributed by atoms with Crippen LogP contribution in [-0.2, 0) is 6.61 Å². The largest absolute Gasteiger partial charge is 0.486 e. The zero-order valence-electron chi connectivity index (χ0n) is 10.0. The lowest BCUT2D eigenvalue weighted by Crippen LogP contribution is -1.99. The maximum Gasteiger partial charge on any atom is 0.168 e. The third-order valence-corrected chi connectivity index (χ3v) is 2.62. The molecule has 0 saturated carbocycles. The Labute approximate surface area is 105 Å². The molecule has 0 N–H and O–H groups in total. The number of benzene rings is 2. The molecule has 0 heterocycles. The van der Waals surface area contributed by atoms with Gasteiger partial charge in [-0.2, -0.15) is 0 Å². The number of hydrogen-bond acceptors (Lipinski definition) is 2. The van der Waals surface area contributed by atoms with Crippen molar-refractivity contribution >= 4 is 6.29 Å². The van der Waals surface area contributed by atoms with Crippen LogP contribution in [0.2, 0.25) is 0 Å². The van der Waals surface area contributed by atoms with Gasteiger partial charge in [-0.25, -0.2) is 4.39 Å². The van der Waals surface area contributed by atoms with Gasteiger partial charge in [0.15, 0.2) is 11.6 Å². The minimum atomic E-state index is -0.420. The summed E-state index contributed by atoms with van der Waals surface area (Å²) < 4.78 is 19.2. The van der Waals surface area contributed by atoms with Crippen LogP contribution in [0.3, 0.4) is 0 Å². The molecule has 2 rings (SSSR count). The summed E-state index contributed by atoms with van der Waals surface area (Å²) in [5.41, 5.74) is 1.77. The molecule has 0 bridgehead atoms. The lowest BCUT2D eigenvalue weighted by molar-refractivity contribution is 0.112. The van der Waals surface area contributed by atoms with Gasteiger partial charge in [-0.05, 0) is 30.2 Å². The zero-order chi connectivity index (χ0) is 13.0. The summed E-state index contributed by atoms with van der Waals surface area (Å²) in [5, 5.41) is 0. The molecular weight excluding hydrogens is 231 g/mol. The van der Waals surface area contributed by atoms with Crippen molar-refractivity contribution in [3.63, 3.8) is 0 Å². The van der Waals surface area contributed by atoms with E-state index in [0.29, 0.717) is 17.4 Å². The van der Waals surface area contributed by atoms with E-state index in [1.165, 1.54) is 12.1 Å². The molecule has 92 valence electrons. The topological polar surface area (TPSA) is 26.3 Å². The van der Waals surface area contributed by atoms with Crippen molar-refractivity contribution in [3.8, 4) is 5.75 Å². The molecule has 0 amide bonds. The standard InChI is InChI=1S/C15H13FO2/c1-11-7-13(9-17)8-14(15(11)16)18-10-12-5-3-2-4-6-12/h2-9H,10H2,1H3. The Balaban J connectivity index is 2.19. The van der Waals surface area contributed by atoms with Gasteiger partial charge >= 0.3 is 0 Å². The molecule has 2 nitrogen and oxygen atoms in total. The van der Waals surface area contributed by atoms with Crippen LogP contribution < -0.4 is 4.74 Å². The lowest BCUT2D eigenvalue weighted by Gasteiger charge is -2.09. The van der Waals surface area contributed by atoms with Crippen LogP contribution in [0.5, 0.6) is 5.75 Å². The molecule has 0 atom stereocenters. The molecular formula is C15H13FO2. The molecule has 0 aromatic heterocycles. The van der Waals surface area contributed by atoms with E-state index < -0.39 is 5.82 Å². The average Bonchev–Trinajstić information content (AvgIpc) is 2.41. The van der Waals surface area contributed by atoms with Gasteiger partial charge in [0, 0.05) is 5.56 Å². The fraction of sp³-hybridized carbons (Fsp3) is 0.133. The number of ether oxygens (including phenoxy) is 1. The summed E-state index contributed by atoms with van der Waals surface area (Å²) >= 11 is 0. The molecule has 0 aliphatic heterocycles. The fourth-order valence-electron chi connectivity index (χ4n) is 1.67. The van der Waals surface area contributed by atoms with E-state index in [1.807, 2.05) is 30.3 Å². The van der Waals surface area contributed by atoms with Crippen molar-refractivity contribution < 1.29 is 13.9 Å². The van der Waals surface area contributed by atoms with Crippen LogP contribution in [0.25, 0.3) is 0 Å². The smallest absolute Gasteiger partial charge is 0.168 e. The van der Waals surface area contributed by atoms with Crippen molar-refractivity contribution in [3.05, 3.63) is 65.0 Å². The molecule has 0 unspecified atom stereocenters. The van der Waals surface area contributed by atoms with Gasteiger partial charge in [-0.1, -0.05) is 30.3 Å². The van der Waals surface area contributed by atoms with Crippen molar-refractivity contribution in [1.82, 2.24) is 0 Å². The Morgan fingerprint density at radius 3 is 2.61 bits per heavy atom. The van der Waals surface area contributed by atoms with E-state index >= 15 is 0 Å². The van der Waals surface area contributed by atoms with Gasteiger partial charge in [0.2, 0.25) is 0 Å². The highest BCUT2D eigenvalue weighted by atomic mass is 19.1. The summed E-state index contributed by atoms with van der Waals surface area (Å²) in [6.45, 7) is 1.89. The summed E-state index contributed by atoms with van der Waals surface area (Å²) in [7, 11) is 0. The first-order valence-electron chi connectivity index (χ1n) is 5.63. The second-order valence-corrected chi connectivity index (χ2v) is 4.04. The van der Waals surface area contributed by atoms with Crippen molar-refractivity contribution in [2.24, 2.45) is 0 Å². The third kappa shape index (κ3) is 2.74. The van der Waals surface area contributed by atoms with Crippen LogP contribution in [0.15, 0.2) is 42.5 Å². The first kappa shape index (κ1) is 12.3. The average molecular weight is 244 g/mol. The molecule has 0 fully saturated rings. The molecule has 18 heavy (non-hydrogen) atoms. The summed E-state index contributed by atoms with van der Waals surface area (Å²) in [4.78, 5) is 10.7. The van der Waals surface area contributed by atoms with Crippen molar-refractivity contribution in [2.45, 2.75) is 13.5 Å². The summed E-state index contributed by atoms with van der Waals surface area (Å²) in [6.07, 6.45) is 0.682. The van der Waals surface area contributed by atoms with Gasteiger partial charge in [0.1, 0.15) is 12.9 Å². The maximum atomic E-state index is 13.8. The Morgan fingerprint density at radius 1 is 1.22 bits per heavy atom. The minimum absolute atomic E-state index is 0.112. The second kappa shape index (κ2) is 5.45. The second-order valence-electron chi connectivity index (χ2n) is 4.04. The predicted molar refractivity (Wildman–Crippen MR) is 67.3 cm³/mol. The Morgan fingerprint density at radius 2 is 1.94 bits per heavy atom. The first-order chi connectivity index (χ1) is 8.70. The van der Waals surface area contributed by atoms with Crippen LogP contribution in [0, 0.1) is 12.7 Å². The number of aldehydes is 1. The van der Waals surface area contributed by atoms with Crippen LogP contribution in [0.1, 0.15) is 21.5 Å². The molecule has 0 spiro atoms. The van der Waals surface area contributed by atoms with E-state index in [9.17, 15) is 9.18 Å². The van der Waals surface area contributed by atoms with Gasteiger partial charge in [0.25, 0.3) is 0 Å². The monoisotopic (exact) mass is 244 g/mol. The number of carbonyl (C=O) groups is 1. The molecule has 0 aliphatic rings. The molecule has 2 aromatic rings. The number of halogens is 1. The predicted octanol–water partition coefficient (Wildman–Crippen LogP) is 3.53. The number of aryl methyl sites for hydroxylation is 1. The number of hydrogen-bond donors (Lipinski definition) is 0. The van der Waals surface area contributed by atoms with Gasteiger partial charge in [0.05, 0.1) is 0 Å². The molecule has 2 aromatic carbocycles. The van der Waals surface area contributed by atoms with Gasteiger partial charge in [-0.3, -0.25) is 4.79 Å². The number of rotatable bonds is 4. The van der Waals surface area contributed by atoms with Crippen molar-refractivity contribution in [1.29, 1.82) is 0 Å². The van der Waals surface area contributed by atoms with Gasteiger partial charge < -0.3 is 4.74 Å². The highest BCUT2D eigenvalue weighted by molar-refractivity contribution is 5.76. The van der Waals surface area contributed by atoms with E-state index in [2.05, 4.69) is 0 Å². The highest BCUT2D eigenvalue weighted by Gasteiger charge is 2.09. The zero-order valence-corrected chi connectivity index (χ0v) is 10.0. The fourth-order valence-corrected chi connectivity index (χ4v) is 1.67. The SMILES string of the molecule is Cc1cc(C=O)cc(OCc2ccccc2)c1F. The van der Waals surface area contributed by atoms with Crippen LogP contribution in [0.4, 0.5) is 4.39 Å². The first-order valence-corrected chi connectivity index (χ1v) is 5.63. The number of carbonyl (C=O) groups excluding carboxylic acids is 1. The van der Waals surface area contributed by atoms with Gasteiger partial charge in [-0.15, -0.1) is 0 Å². The van der Waals surface area contributed by atoms with E-state index in [4.69, 9.17) is 4.74 Å². The minimum Gasteiger partial charge on any atom is -0.486 e. The normalized spacial score (nSPS) is 10.1. The highest BCUT2D eigenvalue weighted by Crippen LogP contribution is 2.23. The maximum absolute atomic E-state index is 13.8. The van der Waals surface area contributed by atoms with Crippen LogP contribution in [-0.4, -0.2) is 6.29 Å². The van der Waals surface area contributed by atoms with Crippen molar-refractivity contribution in [2.75, 3.05) is 0 Å². The molecule has 0 aliphatic carbocycles. The Hall–Kier alpha value is -2.16. The quantitative estimate of drug-likeness (QED) is 0.769. The van der Waals surface area contributed by atoms with E-state index in [1.54, 1.807) is 6.92 Å². The molecule has 3 heteroatoms. The Bertz CT molecular complexity index is 550. The third-order valence-electron chi connectivity index (χ3n) is 2.62. The van der Waals surface area contributed by atoms with E-state index in [-0.39, 0.29) is 12.4 Å².